The van der Waals surface area contributed by atoms with E-state index in [0.717, 1.165) is 36.5 Å². The van der Waals surface area contributed by atoms with Gasteiger partial charge in [-0.05, 0) is 50.7 Å². The van der Waals surface area contributed by atoms with Gasteiger partial charge in [0.1, 0.15) is 11.6 Å². The highest BCUT2D eigenvalue weighted by Gasteiger charge is 2.23. The molecule has 4 heteroatoms. The van der Waals surface area contributed by atoms with Crippen LogP contribution in [0.4, 0.5) is 4.39 Å². The average molecular weight is 259 g/mol. The predicted molar refractivity (Wildman–Crippen MR) is 73.5 cm³/mol. The maximum absolute atomic E-state index is 13.2. The topological polar surface area (TPSA) is 21.1 Å². The van der Waals surface area contributed by atoms with Crippen molar-refractivity contribution in [1.29, 1.82) is 0 Å². The molecule has 1 aromatic carbocycles. The molecule has 0 spiro atoms. The smallest absolute Gasteiger partial charge is 0.140 e. The van der Waals surface area contributed by atoms with Crippen molar-refractivity contribution >= 4 is 0 Å². The third-order valence-electron chi connectivity index (χ3n) is 3.86. The van der Waals surface area contributed by atoms with Crippen LogP contribution < -0.4 is 0 Å². The Morgan fingerprint density at radius 1 is 1.37 bits per heavy atom. The molecule has 1 unspecified atom stereocenters. The number of hydrogen-bond acceptors (Lipinski definition) is 2. The summed E-state index contributed by atoms with van der Waals surface area (Å²) in [5.74, 6) is 0.748. The monoisotopic (exact) mass is 259 g/mol. The Balaban J connectivity index is 2.00. The molecule has 0 bridgehead atoms. The first kappa shape index (κ1) is 12.4. The lowest BCUT2D eigenvalue weighted by atomic mass is 10.1. The summed E-state index contributed by atoms with van der Waals surface area (Å²) in [7, 11) is 2.14. The molecule has 0 radical (unpaired) electrons. The first-order valence-corrected chi connectivity index (χ1v) is 6.63. The average Bonchev–Trinajstić information content (AvgIpc) is 2.97. The van der Waals surface area contributed by atoms with Gasteiger partial charge < -0.3 is 9.47 Å². The summed E-state index contributed by atoms with van der Waals surface area (Å²) < 4.78 is 15.4. The van der Waals surface area contributed by atoms with Gasteiger partial charge in [-0.2, -0.15) is 0 Å². The number of halogens is 1. The molecule has 1 aromatic heterocycles. The van der Waals surface area contributed by atoms with Gasteiger partial charge in [-0.15, -0.1) is 0 Å². The van der Waals surface area contributed by atoms with E-state index in [1.807, 2.05) is 25.4 Å². The summed E-state index contributed by atoms with van der Waals surface area (Å²) in [4.78, 5) is 6.79. The van der Waals surface area contributed by atoms with E-state index in [1.165, 1.54) is 6.07 Å². The molecule has 1 aliphatic heterocycles. The molecule has 3 nitrogen and oxygen atoms in total. The fourth-order valence-electron chi connectivity index (χ4n) is 2.83. The number of nitrogens with zero attached hydrogens (tertiary/aromatic N) is 3. The minimum atomic E-state index is -0.194. The molecule has 19 heavy (non-hydrogen) atoms. The van der Waals surface area contributed by atoms with Gasteiger partial charge in [-0.1, -0.05) is 0 Å². The van der Waals surface area contributed by atoms with Crippen molar-refractivity contribution in [3.8, 4) is 11.4 Å². The Kier molecular flexibility index (Phi) is 3.11. The molecule has 0 saturated carbocycles. The normalized spacial score (nSPS) is 20.1. The van der Waals surface area contributed by atoms with E-state index < -0.39 is 0 Å². The molecule has 2 aromatic rings. The van der Waals surface area contributed by atoms with Crippen molar-refractivity contribution in [2.24, 2.45) is 0 Å². The van der Waals surface area contributed by atoms with Crippen molar-refractivity contribution in [3.05, 3.63) is 42.0 Å². The summed E-state index contributed by atoms with van der Waals surface area (Å²) >= 11 is 0. The van der Waals surface area contributed by atoms with Crippen LogP contribution in [-0.2, 0) is 0 Å². The third kappa shape index (κ3) is 2.28. The molecule has 100 valence electrons. The van der Waals surface area contributed by atoms with Crippen LogP contribution in [0.2, 0.25) is 0 Å². The van der Waals surface area contributed by atoms with E-state index >= 15 is 0 Å². The molecule has 1 aliphatic rings. The molecule has 2 heterocycles. The molecule has 0 amide bonds. The highest BCUT2D eigenvalue weighted by Crippen LogP contribution is 2.28. The number of benzene rings is 1. The lowest BCUT2D eigenvalue weighted by molar-refractivity contribution is 0.393. The van der Waals surface area contributed by atoms with Crippen LogP contribution >= 0.6 is 0 Å². The lowest BCUT2D eigenvalue weighted by Gasteiger charge is -2.16. The molecular formula is C15H18FN3. The second-order valence-electron chi connectivity index (χ2n) is 5.32. The fourth-order valence-corrected chi connectivity index (χ4v) is 2.83. The van der Waals surface area contributed by atoms with Crippen molar-refractivity contribution < 1.29 is 4.39 Å². The SMILES string of the molecule is Cc1cc(F)ccc1-c1nccn1C1CCN(C)C1. The van der Waals surface area contributed by atoms with Crippen molar-refractivity contribution in [3.63, 3.8) is 0 Å². The molecule has 1 atom stereocenters. The minimum Gasteiger partial charge on any atom is -0.327 e. The van der Waals surface area contributed by atoms with E-state index in [0.29, 0.717) is 6.04 Å². The predicted octanol–water partition coefficient (Wildman–Crippen LogP) is 2.87. The second kappa shape index (κ2) is 4.78. The van der Waals surface area contributed by atoms with Crippen molar-refractivity contribution in [2.45, 2.75) is 19.4 Å². The van der Waals surface area contributed by atoms with Gasteiger partial charge in [-0.25, -0.2) is 9.37 Å². The molecule has 0 N–H and O–H groups in total. The molecular weight excluding hydrogens is 241 g/mol. The van der Waals surface area contributed by atoms with E-state index in [-0.39, 0.29) is 5.82 Å². The van der Waals surface area contributed by atoms with E-state index in [4.69, 9.17) is 0 Å². The number of likely N-dealkylation sites (tertiary alicyclic amines) is 1. The maximum Gasteiger partial charge on any atom is 0.140 e. The quantitative estimate of drug-likeness (QED) is 0.827. The van der Waals surface area contributed by atoms with Gasteiger partial charge in [0.05, 0.1) is 0 Å². The van der Waals surface area contributed by atoms with E-state index in [1.54, 1.807) is 6.07 Å². The zero-order valence-corrected chi connectivity index (χ0v) is 11.3. The Bertz CT molecular complexity index is 591. The van der Waals surface area contributed by atoms with Crippen molar-refractivity contribution in [2.75, 3.05) is 20.1 Å². The second-order valence-corrected chi connectivity index (χ2v) is 5.32. The minimum absolute atomic E-state index is 0.194. The molecule has 0 aliphatic carbocycles. The van der Waals surface area contributed by atoms with E-state index in [9.17, 15) is 4.39 Å². The summed E-state index contributed by atoms with van der Waals surface area (Å²) in [6, 6.07) is 5.35. The maximum atomic E-state index is 13.2. The highest BCUT2D eigenvalue weighted by molar-refractivity contribution is 5.60. The third-order valence-corrected chi connectivity index (χ3v) is 3.86. The van der Waals surface area contributed by atoms with Crippen LogP contribution in [0.5, 0.6) is 0 Å². The number of hydrogen-bond donors (Lipinski definition) is 0. The highest BCUT2D eigenvalue weighted by atomic mass is 19.1. The summed E-state index contributed by atoms with van der Waals surface area (Å²) in [5, 5.41) is 0. The van der Waals surface area contributed by atoms with Crippen LogP contribution in [0.3, 0.4) is 0 Å². The number of rotatable bonds is 2. The first-order valence-electron chi connectivity index (χ1n) is 6.63. The zero-order valence-electron chi connectivity index (χ0n) is 11.3. The number of likely N-dealkylation sites (N-methyl/N-ethyl adjacent to an activating group) is 1. The zero-order chi connectivity index (χ0) is 13.4. The number of imidazole rings is 1. The van der Waals surface area contributed by atoms with Crippen molar-refractivity contribution in [1.82, 2.24) is 14.5 Å². The largest absolute Gasteiger partial charge is 0.327 e. The van der Waals surface area contributed by atoms with Crippen LogP contribution in [0, 0.1) is 12.7 Å². The number of aromatic nitrogens is 2. The Morgan fingerprint density at radius 2 is 2.21 bits per heavy atom. The van der Waals surface area contributed by atoms with Gasteiger partial charge in [0.2, 0.25) is 0 Å². The van der Waals surface area contributed by atoms with Gasteiger partial charge in [-0.3, -0.25) is 0 Å². The van der Waals surface area contributed by atoms with Gasteiger partial charge in [0, 0.05) is 30.5 Å². The number of aryl methyl sites for hydroxylation is 1. The van der Waals surface area contributed by atoms with Crippen LogP contribution in [-0.4, -0.2) is 34.6 Å². The van der Waals surface area contributed by atoms with Gasteiger partial charge in [0.15, 0.2) is 0 Å². The van der Waals surface area contributed by atoms with Crippen LogP contribution in [0.25, 0.3) is 11.4 Å². The van der Waals surface area contributed by atoms with Crippen LogP contribution in [0.15, 0.2) is 30.6 Å². The molecule has 1 fully saturated rings. The fraction of sp³-hybridized carbons (Fsp3) is 0.400. The molecule has 3 rings (SSSR count). The summed E-state index contributed by atoms with van der Waals surface area (Å²) in [6.07, 6.45) is 5.00. The Morgan fingerprint density at radius 3 is 2.89 bits per heavy atom. The lowest BCUT2D eigenvalue weighted by Crippen LogP contribution is -2.16. The summed E-state index contributed by atoms with van der Waals surface area (Å²) in [6.45, 7) is 4.09. The van der Waals surface area contributed by atoms with Crippen LogP contribution in [0.1, 0.15) is 18.0 Å². The Hall–Kier alpha value is -1.68. The van der Waals surface area contributed by atoms with E-state index in [2.05, 4.69) is 21.5 Å². The first-order chi connectivity index (χ1) is 9.15. The Labute approximate surface area is 112 Å². The standard InChI is InChI=1S/C15H18FN3/c1-11-9-12(16)3-4-14(11)15-17-6-8-19(15)13-5-7-18(2)10-13/h3-4,6,8-9,13H,5,7,10H2,1-2H3. The van der Waals surface area contributed by atoms with Gasteiger partial charge in [0.25, 0.3) is 0 Å². The summed E-state index contributed by atoms with van der Waals surface area (Å²) in [5.41, 5.74) is 1.94. The molecule has 1 saturated heterocycles. The van der Waals surface area contributed by atoms with Gasteiger partial charge >= 0.3 is 0 Å².